The Hall–Kier alpha value is -1.52. The van der Waals surface area contributed by atoms with Crippen LogP contribution < -0.4 is 11.3 Å². The van der Waals surface area contributed by atoms with Crippen molar-refractivity contribution in [3.05, 3.63) is 36.2 Å². The molecule has 0 fully saturated rings. The molecule has 1 atom stereocenters. The van der Waals surface area contributed by atoms with Crippen LogP contribution in [-0.2, 0) is 0 Å². The molecule has 0 saturated heterocycles. The molecule has 0 radical (unpaired) electrons. The van der Waals surface area contributed by atoms with Crippen molar-refractivity contribution in [3.8, 4) is 0 Å². The van der Waals surface area contributed by atoms with Crippen LogP contribution in [0, 0.1) is 0 Å². The second kappa shape index (κ2) is 5.01. The summed E-state index contributed by atoms with van der Waals surface area (Å²) in [6, 6.07) is 7.93. The predicted molar refractivity (Wildman–Crippen MR) is 64.5 cm³/mol. The van der Waals surface area contributed by atoms with Crippen LogP contribution in [0.1, 0.15) is 31.5 Å². The first-order valence-electron chi connectivity index (χ1n) is 5.53. The molecule has 16 heavy (non-hydrogen) atoms. The Morgan fingerprint density at radius 2 is 2.06 bits per heavy atom. The average molecular weight is 216 g/mol. The van der Waals surface area contributed by atoms with Gasteiger partial charge in [-0.3, -0.25) is 16.3 Å². The Labute approximate surface area is 94.9 Å². The topological polar surface area (TPSA) is 63.8 Å². The van der Waals surface area contributed by atoms with Crippen LogP contribution in [0.15, 0.2) is 30.5 Å². The quantitative estimate of drug-likeness (QED) is 0.605. The van der Waals surface area contributed by atoms with Crippen molar-refractivity contribution >= 4 is 11.0 Å². The van der Waals surface area contributed by atoms with E-state index in [0.29, 0.717) is 0 Å². The van der Waals surface area contributed by atoms with Crippen LogP contribution in [0.3, 0.4) is 0 Å². The maximum atomic E-state index is 5.52. The van der Waals surface area contributed by atoms with Gasteiger partial charge >= 0.3 is 0 Å². The number of benzene rings is 1. The van der Waals surface area contributed by atoms with E-state index >= 15 is 0 Å². The Morgan fingerprint density at radius 3 is 2.75 bits per heavy atom. The first kappa shape index (κ1) is 11.0. The highest BCUT2D eigenvalue weighted by atomic mass is 15.2. The van der Waals surface area contributed by atoms with Gasteiger partial charge < -0.3 is 0 Å². The molecule has 0 bridgehead atoms. The van der Waals surface area contributed by atoms with E-state index in [4.69, 9.17) is 5.84 Å². The molecule has 0 aliphatic carbocycles. The fourth-order valence-corrected chi connectivity index (χ4v) is 1.74. The van der Waals surface area contributed by atoms with Crippen LogP contribution >= 0.6 is 0 Å². The van der Waals surface area contributed by atoms with E-state index in [1.165, 1.54) is 0 Å². The van der Waals surface area contributed by atoms with Crippen LogP contribution in [-0.4, -0.2) is 9.97 Å². The fraction of sp³-hybridized carbons (Fsp3) is 0.333. The van der Waals surface area contributed by atoms with Crippen LogP contribution in [0.25, 0.3) is 11.0 Å². The molecule has 2 rings (SSSR count). The largest absolute Gasteiger partial charge is 0.271 e. The lowest BCUT2D eigenvalue weighted by molar-refractivity contribution is 0.498. The molecule has 4 heteroatoms. The number of rotatable bonds is 4. The van der Waals surface area contributed by atoms with Crippen molar-refractivity contribution in [1.29, 1.82) is 0 Å². The zero-order valence-electron chi connectivity index (χ0n) is 9.35. The summed E-state index contributed by atoms with van der Waals surface area (Å²) in [5.74, 6) is 5.52. The van der Waals surface area contributed by atoms with Gasteiger partial charge in [0.25, 0.3) is 0 Å². The maximum Gasteiger partial charge on any atom is 0.0890 e. The van der Waals surface area contributed by atoms with Gasteiger partial charge in [-0.1, -0.05) is 25.5 Å². The first-order valence-corrected chi connectivity index (χ1v) is 5.53. The Balaban J connectivity index is 2.37. The summed E-state index contributed by atoms with van der Waals surface area (Å²) in [7, 11) is 0. The summed E-state index contributed by atoms with van der Waals surface area (Å²) < 4.78 is 0. The van der Waals surface area contributed by atoms with Crippen molar-refractivity contribution in [2.45, 2.75) is 25.8 Å². The Kier molecular flexibility index (Phi) is 3.44. The van der Waals surface area contributed by atoms with Crippen molar-refractivity contribution in [3.63, 3.8) is 0 Å². The van der Waals surface area contributed by atoms with Gasteiger partial charge in [-0.2, -0.15) is 0 Å². The van der Waals surface area contributed by atoms with Gasteiger partial charge in [0.2, 0.25) is 0 Å². The minimum atomic E-state index is 0.0853. The molecule has 1 unspecified atom stereocenters. The van der Waals surface area contributed by atoms with E-state index in [1.54, 1.807) is 6.20 Å². The van der Waals surface area contributed by atoms with Gasteiger partial charge in [0, 0.05) is 0 Å². The lowest BCUT2D eigenvalue weighted by Gasteiger charge is -2.14. The third-order valence-electron chi connectivity index (χ3n) is 2.60. The number of fused-ring (bicyclic) bond motifs is 1. The Bertz CT molecular complexity index is 469. The molecule has 1 aromatic carbocycles. The molecular weight excluding hydrogens is 200 g/mol. The smallest absolute Gasteiger partial charge is 0.0890 e. The minimum Gasteiger partial charge on any atom is -0.271 e. The van der Waals surface area contributed by atoms with Crippen molar-refractivity contribution in [2.24, 2.45) is 5.84 Å². The van der Waals surface area contributed by atoms with Gasteiger partial charge in [0.1, 0.15) is 0 Å². The normalized spacial score (nSPS) is 12.9. The molecule has 2 aromatic rings. The van der Waals surface area contributed by atoms with E-state index in [9.17, 15) is 0 Å². The second-order valence-corrected chi connectivity index (χ2v) is 3.79. The number of nitrogens with one attached hydrogen (secondary N) is 1. The number of para-hydroxylation sites is 2. The zero-order chi connectivity index (χ0) is 11.4. The van der Waals surface area contributed by atoms with Crippen LogP contribution in [0.5, 0.6) is 0 Å². The van der Waals surface area contributed by atoms with Gasteiger partial charge in [0.15, 0.2) is 0 Å². The van der Waals surface area contributed by atoms with E-state index in [-0.39, 0.29) is 6.04 Å². The van der Waals surface area contributed by atoms with Gasteiger partial charge in [-0.05, 0) is 18.6 Å². The predicted octanol–water partition coefficient (Wildman–Crippen LogP) is 1.93. The first-order chi connectivity index (χ1) is 7.85. The number of hydrogen-bond donors (Lipinski definition) is 2. The summed E-state index contributed by atoms with van der Waals surface area (Å²) >= 11 is 0. The number of aromatic nitrogens is 2. The molecule has 0 saturated carbocycles. The monoisotopic (exact) mass is 216 g/mol. The molecule has 3 N–H and O–H groups in total. The fourth-order valence-electron chi connectivity index (χ4n) is 1.74. The van der Waals surface area contributed by atoms with Crippen molar-refractivity contribution in [2.75, 3.05) is 0 Å². The summed E-state index contributed by atoms with van der Waals surface area (Å²) in [5.41, 5.74) is 5.52. The molecule has 84 valence electrons. The molecule has 1 aromatic heterocycles. The molecule has 0 spiro atoms. The lowest BCUT2D eigenvalue weighted by atomic mass is 10.1. The van der Waals surface area contributed by atoms with E-state index in [1.807, 2.05) is 24.3 Å². The highest BCUT2D eigenvalue weighted by molar-refractivity contribution is 5.73. The number of nitrogens with zero attached hydrogens (tertiary/aromatic N) is 2. The third-order valence-corrected chi connectivity index (χ3v) is 2.60. The molecule has 4 nitrogen and oxygen atoms in total. The molecule has 0 amide bonds. The van der Waals surface area contributed by atoms with E-state index < -0.39 is 0 Å². The molecular formula is C12H16N4. The molecule has 0 aliphatic heterocycles. The van der Waals surface area contributed by atoms with E-state index in [2.05, 4.69) is 22.3 Å². The average Bonchev–Trinajstić information content (AvgIpc) is 2.35. The summed E-state index contributed by atoms with van der Waals surface area (Å²) in [6.45, 7) is 2.12. The highest BCUT2D eigenvalue weighted by Crippen LogP contribution is 2.17. The second-order valence-electron chi connectivity index (χ2n) is 3.79. The summed E-state index contributed by atoms with van der Waals surface area (Å²) in [4.78, 5) is 8.93. The van der Waals surface area contributed by atoms with Gasteiger partial charge in [-0.25, -0.2) is 4.98 Å². The zero-order valence-corrected chi connectivity index (χ0v) is 9.35. The van der Waals surface area contributed by atoms with Crippen molar-refractivity contribution in [1.82, 2.24) is 15.4 Å². The van der Waals surface area contributed by atoms with Crippen molar-refractivity contribution < 1.29 is 0 Å². The van der Waals surface area contributed by atoms with E-state index in [0.717, 1.165) is 29.6 Å². The van der Waals surface area contributed by atoms with Gasteiger partial charge in [0.05, 0.1) is 29.0 Å². The highest BCUT2D eigenvalue weighted by Gasteiger charge is 2.10. The standard InChI is InChI=1S/C12H16N4/c1-2-5-11(16-13)12-8-14-9-6-3-4-7-10(9)15-12/h3-4,6-8,11,16H,2,5,13H2,1H3. The number of hydrogen-bond acceptors (Lipinski definition) is 4. The molecule has 0 aliphatic rings. The number of nitrogens with two attached hydrogens (primary N) is 1. The molecule has 1 heterocycles. The lowest BCUT2D eigenvalue weighted by Crippen LogP contribution is -2.28. The van der Waals surface area contributed by atoms with Gasteiger partial charge in [-0.15, -0.1) is 0 Å². The van der Waals surface area contributed by atoms with Crippen LogP contribution in [0.2, 0.25) is 0 Å². The Morgan fingerprint density at radius 1 is 1.31 bits per heavy atom. The summed E-state index contributed by atoms with van der Waals surface area (Å²) in [5, 5.41) is 0. The van der Waals surface area contributed by atoms with Crippen LogP contribution in [0.4, 0.5) is 0 Å². The number of hydrazine groups is 1. The maximum absolute atomic E-state index is 5.52. The third kappa shape index (κ3) is 2.18. The minimum absolute atomic E-state index is 0.0853. The summed E-state index contributed by atoms with van der Waals surface area (Å²) in [6.07, 6.45) is 3.81. The SMILES string of the molecule is CCCC(NN)c1cnc2ccccc2n1.